The fraction of sp³-hybridized carbons (Fsp3) is 0.263. The quantitative estimate of drug-likeness (QED) is 0.326. The van der Waals surface area contributed by atoms with Crippen molar-refractivity contribution in [2.75, 3.05) is 11.9 Å². The summed E-state index contributed by atoms with van der Waals surface area (Å²) in [5, 5.41) is 13.3. The fourth-order valence-electron chi connectivity index (χ4n) is 2.35. The van der Waals surface area contributed by atoms with Gasteiger partial charge in [0.2, 0.25) is 10.0 Å². The average Bonchev–Trinajstić information content (AvgIpc) is 2.69. The maximum atomic E-state index is 12.2. The van der Waals surface area contributed by atoms with Crippen LogP contribution in [0, 0.1) is 17.0 Å². The van der Waals surface area contributed by atoms with Crippen LogP contribution >= 0.6 is 11.6 Å². The van der Waals surface area contributed by atoms with Gasteiger partial charge in [-0.05, 0) is 32.0 Å². The number of nitrogens with one attached hydrogen (secondary N) is 2. The minimum Gasteiger partial charge on any atom is -0.452 e. The summed E-state index contributed by atoms with van der Waals surface area (Å²) in [6.07, 6.45) is -1.54. The molecule has 31 heavy (non-hydrogen) atoms. The Morgan fingerprint density at radius 3 is 2.45 bits per heavy atom. The first-order chi connectivity index (χ1) is 14.5. The van der Waals surface area contributed by atoms with E-state index in [0.717, 1.165) is 11.6 Å². The number of benzene rings is 2. The number of anilines is 1. The van der Waals surface area contributed by atoms with Gasteiger partial charge in [0.05, 0.1) is 26.9 Å². The number of rotatable bonds is 9. The van der Waals surface area contributed by atoms with Crippen LogP contribution in [0.25, 0.3) is 0 Å². The number of aryl methyl sites for hydroxylation is 1. The van der Waals surface area contributed by atoms with Gasteiger partial charge in [-0.3, -0.25) is 19.7 Å². The monoisotopic (exact) mass is 469 g/mol. The van der Waals surface area contributed by atoms with Gasteiger partial charge in [-0.25, -0.2) is 13.1 Å². The highest BCUT2D eigenvalue weighted by molar-refractivity contribution is 7.89. The Bertz CT molecular complexity index is 1090. The Balaban J connectivity index is 1.86. The van der Waals surface area contributed by atoms with Gasteiger partial charge in [-0.2, -0.15) is 0 Å². The topological polar surface area (TPSA) is 145 Å². The van der Waals surface area contributed by atoms with Crippen LogP contribution in [0.4, 0.5) is 11.4 Å². The zero-order valence-electron chi connectivity index (χ0n) is 16.6. The van der Waals surface area contributed by atoms with Crippen LogP contribution in [0.2, 0.25) is 5.02 Å². The standard InChI is InChI=1S/C19H20ClN3O7S/c1-12-3-6-15(7-4-12)31(28,29)21-10-9-18(24)30-13(2)19(25)22-17-11-14(23(26)27)5-8-16(17)20/h3-8,11,13,21H,9-10H2,1-2H3,(H,22,25)/t13-/m0/s1. The summed E-state index contributed by atoms with van der Waals surface area (Å²) in [7, 11) is -3.78. The molecule has 166 valence electrons. The number of carbonyl (C=O) groups is 2. The Labute approximate surface area is 183 Å². The van der Waals surface area contributed by atoms with Crippen LogP contribution in [-0.4, -0.2) is 37.9 Å². The molecule has 0 radical (unpaired) electrons. The molecule has 0 aliphatic heterocycles. The van der Waals surface area contributed by atoms with Crippen LogP contribution in [0.3, 0.4) is 0 Å². The van der Waals surface area contributed by atoms with Gasteiger partial charge in [-0.15, -0.1) is 0 Å². The SMILES string of the molecule is Cc1ccc(S(=O)(=O)NCCC(=O)O[C@@H](C)C(=O)Nc2cc([N+](=O)[O-])ccc2Cl)cc1. The van der Waals surface area contributed by atoms with Crippen LogP contribution in [0.1, 0.15) is 18.9 Å². The number of nitro groups is 1. The third-order valence-corrected chi connectivity index (χ3v) is 5.86. The van der Waals surface area contributed by atoms with Crippen molar-refractivity contribution < 1.29 is 27.7 Å². The lowest BCUT2D eigenvalue weighted by atomic mass is 10.2. The summed E-state index contributed by atoms with van der Waals surface area (Å²) in [6, 6.07) is 9.70. The van der Waals surface area contributed by atoms with E-state index in [2.05, 4.69) is 10.0 Å². The molecule has 0 aliphatic rings. The second kappa shape index (κ2) is 10.3. The highest BCUT2D eigenvalue weighted by Crippen LogP contribution is 2.26. The summed E-state index contributed by atoms with van der Waals surface area (Å²) < 4.78 is 31.6. The van der Waals surface area contributed by atoms with Gasteiger partial charge < -0.3 is 10.1 Å². The van der Waals surface area contributed by atoms with E-state index in [1.165, 1.54) is 31.2 Å². The third-order valence-electron chi connectivity index (χ3n) is 4.05. The van der Waals surface area contributed by atoms with Gasteiger partial charge in [-0.1, -0.05) is 29.3 Å². The largest absolute Gasteiger partial charge is 0.452 e. The number of sulfonamides is 1. The lowest BCUT2D eigenvalue weighted by molar-refractivity contribution is -0.384. The lowest BCUT2D eigenvalue weighted by Gasteiger charge is -2.14. The normalized spacial score (nSPS) is 12.1. The number of hydrogen-bond donors (Lipinski definition) is 2. The van der Waals surface area contributed by atoms with Crippen molar-refractivity contribution in [1.29, 1.82) is 0 Å². The lowest BCUT2D eigenvalue weighted by Crippen LogP contribution is -2.32. The Kier molecular flexibility index (Phi) is 8.08. The minimum atomic E-state index is -3.78. The summed E-state index contributed by atoms with van der Waals surface area (Å²) in [5.74, 6) is -1.56. The molecule has 2 aromatic rings. The van der Waals surface area contributed by atoms with E-state index in [0.29, 0.717) is 0 Å². The molecule has 2 aromatic carbocycles. The molecule has 0 aromatic heterocycles. The molecule has 0 unspecified atom stereocenters. The molecule has 0 bridgehead atoms. The highest BCUT2D eigenvalue weighted by atomic mass is 35.5. The molecule has 12 heteroatoms. The molecule has 0 saturated carbocycles. The number of non-ortho nitro benzene ring substituents is 1. The molecule has 10 nitrogen and oxygen atoms in total. The summed E-state index contributed by atoms with van der Waals surface area (Å²) >= 11 is 5.92. The first-order valence-corrected chi connectivity index (χ1v) is 10.9. The molecule has 1 atom stereocenters. The van der Waals surface area contributed by atoms with Crippen molar-refractivity contribution in [3.63, 3.8) is 0 Å². The van der Waals surface area contributed by atoms with Crippen LogP contribution in [0.15, 0.2) is 47.4 Å². The fourth-order valence-corrected chi connectivity index (χ4v) is 3.55. The maximum absolute atomic E-state index is 12.2. The number of ether oxygens (including phenoxy) is 1. The van der Waals surface area contributed by atoms with Crippen molar-refractivity contribution in [2.24, 2.45) is 0 Å². The molecule has 2 rings (SSSR count). The molecule has 0 aliphatic carbocycles. The zero-order chi connectivity index (χ0) is 23.2. The molecule has 1 amide bonds. The highest BCUT2D eigenvalue weighted by Gasteiger charge is 2.21. The Morgan fingerprint density at radius 2 is 1.84 bits per heavy atom. The van der Waals surface area contributed by atoms with Gasteiger partial charge in [0.15, 0.2) is 6.10 Å². The molecule has 0 heterocycles. The minimum absolute atomic E-state index is 0.00498. The molecular formula is C19H20ClN3O7S. The summed E-state index contributed by atoms with van der Waals surface area (Å²) in [5.41, 5.74) is 0.626. The number of amides is 1. The van der Waals surface area contributed by atoms with E-state index < -0.39 is 32.9 Å². The summed E-state index contributed by atoms with van der Waals surface area (Å²) in [6.45, 7) is 2.90. The van der Waals surface area contributed by atoms with Crippen molar-refractivity contribution in [1.82, 2.24) is 4.72 Å². The number of nitrogens with zero attached hydrogens (tertiary/aromatic N) is 1. The van der Waals surface area contributed by atoms with Crippen molar-refractivity contribution in [2.45, 2.75) is 31.3 Å². The number of hydrogen-bond acceptors (Lipinski definition) is 7. The Hall–Kier alpha value is -3.02. The first-order valence-electron chi connectivity index (χ1n) is 9.00. The number of carbonyl (C=O) groups excluding carboxylic acids is 2. The van der Waals surface area contributed by atoms with E-state index in [-0.39, 0.29) is 34.3 Å². The second-order valence-corrected chi connectivity index (χ2v) is 8.68. The number of halogens is 1. The van der Waals surface area contributed by atoms with Crippen molar-refractivity contribution in [3.8, 4) is 0 Å². The van der Waals surface area contributed by atoms with Crippen molar-refractivity contribution >= 4 is 44.9 Å². The van der Waals surface area contributed by atoms with E-state index in [1.54, 1.807) is 12.1 Å². The van der Waals surface area contributed by atoms with Gasteiger partial charge in [0.25, 0.3) is 11.6 Å². The van der Waals surface area contributed by atoms with Gasteiger partial charge >= 0.3 is 5.97 Å². The smallest absolute Gasteiger partial charge is 0.307 e. The van der Waals surface area contributed by atoms with E-state index in [4.69, 9.17) is 16.3 Å². The molecular weight excluding hydrogens is 450 g/mol. The predicted molar refractivity (Wildman–Crippen MR) is 113 cm³/mol. The zero-order valence-corrected chi connectivity index (χ0v) is 18.2. The molecule has 0 spiro atoms. The molecule has 0 fully saturated rings. The molecule has 2 N–H and O–H groups in total. The van der Waals surface area contributed by atoms with Crippen LogP contribution < -0.4 is 10.0 Å². The van der Waals surface area contributed by atoms with E-state index in [9.17, 15) is 28.1 Å². The van der Waals surface area contributed by atoms with Gasteiger partial charge in [0.1, 0.15) is 0 Å². The third kappa shape index (κ3) is 7.02. The number of nitro benzene ring substituents is 1. The summed E-state index contributed by atoms with van der Waals surface area (Å²) in [4.78, 5) is 34.4. The van der Waals surface area contributed by atoms with E-state index in [1.807, 2.05) is 6.92 Å². The van der Waals surface area contributed by atoms with Crippen LogP contribution in [-0.2, 0) is 24.3 Å². The first kappa shape index (κ1) is 24.3. The second-order valence-electron chi connectivity index (χ2n) is 6.50. The molecule has 0 saturated heterocycles. The van der Waals surface area contributed by atoms with Crippen molar-refractivity contribution in [3.05, 3.63) is 63.2 Å². The average molecular weight is 470 g/mol. The predicted octanol–water partition coefficient (Wildman–Crippen LogP) is 2.80. The van der Waals surface area contributed by atoms with Crippen LogP contribution in [0.5, 0.6) is 0 Å². The van der Waals surface area contributed by atoms with Gasteiger partial charge in [0, 0.05) is 18.7 Å². The van der Waals surface area contributed by atoms with E-state index >= 15 is 0 Å². The number of esters is 1. The Morgan fingerprint density at radius 1 is 1.19 bits per heavy atom. The maximum Gasteiger partial charge on any atom is 0.307 e.